The molecule has 4 rings (SSSR count). The van der Waals surface area contributed by atoms with Gasteiger partial charge in [-0.25, -0.2) is 0 Å². The van der Waals surface area contributed by atoms with E-state index in [0.29, 0.717) is 0 Å². The Hall–Kier alpha value is -1.77. The number of rotatable bonds is 1. The predicted molar refractivity (Wildman–Crippen MR) is 93.5 cm³/mol. The molecule has 0 aliphatic rings. The molecule has 0 bridgehead atoms. The van der Waals surface area contributed by atoms with Crippen molar-refractivity contribution < 1.29 is 0 Å². The quantitative estimate of drug-likeness (QED) is 0.382. The fraction of sp³-hybridized carbons (Fsp3) is 0. The Bertz CT molecular complexity index is 918. The van der Waals surface area contributed by atoms with Gasteiger partial charge in [0.2, 0.25) is 0 Å². The summed E-state index contributed by atoms with van der Waals surface area (Å²) in [6.45, 7) is 0. The third kappa shape index (κ3) is 1.90. The first-order chi connectivity index (χ1) is 10.3. The highest BCUT2D eigenvalue weighted by molar-refractivity contribution is 9.10. The van der Waals surface area contributed by atoms with Gasteiger partial charge < -0.3 is 4.57 Å². The van der Waals surface area contributed by atoms with Crippen LogP contribution in [0.3, 0.4) is 0 Å². The molecule has 0 spiro atoms. The summed E-state index contributed by atoms with van der Waals surface area (Å²) in [7, 11) is 0. The highest BCUT2D eigenvalue weighted by atomic mass is 79.9. The first-order valence-electron chi connectivity index (χ1n) is 6.70. The van der Waals surface area contributed by atoms with Crippen molar-refractivity contribution in [1.29, 1.82) is 0 Å². The van der Waals surface area contributed by atoms with Crippen LogP contribution in [0.5, 0.6) is 0 Å². The Morgan fingerprint density at radius 3 is 1.90 bits per heavy atom. The summed E-state index contributed by atoms with van der Waals surface area (Å²) in [6.07, 6.45) is 0. The van der Waals surface area contributed by atoms with Crippen molar-refractivity contribution in [3.63, 3.8) is 0 Å². The third-order valence-electron chi connectivity index (χ3n) is 3.75. The van der Waals surface area contributed by atoms with Gasteiger partial charge in [0.1, 0.15) is 0 Å². The summed E-state index contributed by atoms with van der Waals surface area (Å²) in [6, 6.07) is 22.8. The molecule has 0 unspecified atom stereocenters. The predicted octanol–water partition coefficient (Wildman–Crippen LogP) is 6.20. The molecule has 1 aromatic heterocycles. The van der Waals surface area contributed by atoms with Gasteiger partial charge in [-0.05, 0) is 40.2 Å². The van der Waals surface area contributed by atoms with E-state index in [9.17, 15) is 0 Å². The molecule has 0 saturated heterocycles. The van der Waals surface area contributed by atoms with Gasteiger partial charge in [0, 0.05) is 10.8 Å². The van der Waals surface area contributed by atoms with Gasteiger partial charge in [0.25, 0.3) is 0 Å². The second-order valence-corrected chi connectivity index (χ2v) is 6.14. The van der Waals surface area contributed by atoms with E-state index in [1.165, 1.54) is 21.8 Å². The number of benzene rings is 3. The molecular formula is C18H11BrClN. The summed E-state index contributed by atoms with van der Waals surface area (Å²) in [5.74, 6) is 0. The third-order valence-corrected chi connectivity index (χ3v) is 5.13. The maximum atomic E-state index is 6.27. The molecule has 4 aromatic rings. The minimum atomic E-state index is 0.717. The minimum absolute atomic E-state index is 0.717. The highest BCUT2D eigenvalue weighted by Gasteiger charge is 2.14. The standard InChI is InChI=1S/C18H11BrClN/c19-18-14(20)8-5-11-17(18)21-15-9-3-1-6-12(15)13-7-2-4-10-16(13)21/h1-11H. The molecule has 0 saturated carbocycles. The molecule has 21 heavy (non-hydrogen) atoms. The van der Waals surface area contributed by atoms with Gasteiger partial charge in [-0.3, -0.25) is 0 Å². The number of aromatic nitrogens is 1. The first kappa shape index (κ1) is 12.9. The second-order valence-electron chi connectivity index (χ2n) is 4.94. The van der Waals surface area contributed by atoms with E-state index >= 15 is 0 Å². The number of halogens is 2. The van der Waals surface area contributed by atoms with E-state index < -0.39 is 0 Å². The van der Waals surface area contributed by atoms with Crippen molar-refractivity contribution in [2.75, 3.05) is 0 Å². The van der Waals surface area contributed by atoms with Crippen LogP contribution >= 0.6 is 27.5 Å². The Morgan fingerprint density at radius 2 is 1.29 bits per heavy atom. The van der Waals surface area contributed by atoms with E-state index in [2.05, 4.69) is 75.1 Å². The highest BCUT2D eigenvalue weighted by Crippen LogP contribution is 2.36. The molecule has 1 heterocycles. The van der Waals surface area contributed by atoms with E-state index in [4.69, 9.17) is 11.6 Å². The van der Waals surface area contributed by atoms with E-state index in [-0.39, 0.29) is 0 Å². The molecule has 0 atom stereocenters. The molecule has 3 aromatic carbocycles. The molecule has 3 heteroatoms. The summed E-state index contributed by atoms with van der Waals surface area (Å²) in [5.41, 5.74) is 3.42. The fourth-order valence-electron chi connectivity index (χ4n) is 2.85. The molecule has 0 aliphatic carbocycles. The van der Waals surface area contributed by atoms with Gasteiger partial charge in [-0.2, -0.15) is 0 Å². The van der Waals surface area contributed by atoms with Crippen molar-refractivity contribution in [3.8, 4) is 5.69 Å². The van der Waals surface area contributed by atoms with Gasteiger partial charge in [-0.15, -0.1) is 0 Å². The van der Waals surface area contributed by atoms with Crippen molar-refractivity contribution in [2.45, 2.75) is 0 Å². The van der Waals surface area contributed by atoms with Crippen LogP contribution in [0.2, 0.25) is 5.02 Å². The van der Waals surface area contributed by atoms with Crippen LogP contribution < -0.4 is 0 Å². The van der Waals surface area contributed by atoms with Gasteiger partial charge in [-0.1, -0.05) is 54.1 Å². The van der Waals surface area contributed by atoms with Crippen LogP contribution in [0.1, 0.15) is 0 Å². The molecule has 0 amide bonds. The Kier molecular flexibility index (Phi) is 3.02. The lowest BCUT2D eigenvalue weighted by atomic mass is 10.2. The van der Waals surface area contributed by atoms with Crippen molar-refractivity contribution in [3.05, 3.63) is 76.2 Å². The van der Waals surface area contributed by atoms with Gasteiger partial charge >= 0.3 is 0 Å². The molecule has 0 radical (unpaired) electrons. The van der Waals surface area contributed by atoms with Crippen molar-refractivity contribution in [1.82, 2.24) is 4.57 Å². The van der Waals surface area contributed by atoms with E-state index in [0.717, 1.165) is 15.2 Å². The smallest absolute Gasteiger partial charge is 0.0619 e. The minimum Gasteiger partial charge on any atom is -0.308 e. The zero-order chi connectivity index (χ0) is 14.4. The number of hydrogen-bond donors (Lipinski definition) is 0. The molecule has 1 nitrogen and oxygen atoms in total. The average molecular weight is 357 g/mol. The number of para-hydroxylation sites is 2. The number of hydrogen-bond acceptors (Lipinski definition) is 0. The monoisotopic (exact) mass is 355 g/mol. The summed E-state index contributed by atoms with van der Waals surface area (Å²) < 4.78 is 3.17. The van der Waals surface area contributed by atoms with Gasteiger partial charge in [0.15, 0.2) is 0 Å². The molecule has 0 N–H and O–H groups in total. The van der Waals surface area contributed by atoms with E-state index in [1.807, 2.05) is 12.1 Å². The Labute approximate surface area is 135 Å². The zero-order valence-corrected chi connectivity index (χ0v) is 13.4. The SMILES string of the molecule is Clc1cccc(-n2c3ccccc3c3ccccc32)c1Br. The Balaban J connectivity index is 2.23. The summed E-state index contributed by atoms with van der Waals surface area (Å²) in [4.78, 5) is 0. The van der Waals surface area contributed by atoms with Crippen LogP contribution in [0.25, 0.3) is 27.5 Å². The lowest BCUT2D eigenvalue weighted by Crippen LogP contribution is -1.95. The molecular weight excluding hydrogens is 346 g/mol. The number of fused-ring (bicyclic) bond motifs is 3. The largest absolute Gasteiger partial charge is 0.308 e. The lowest BCUT2D eigenvalue weighted by molar-refractivity contribution is 1.17. The van der Waals surface area contributed by atoms with E-state index in [1.54, 1.807) is 0 Å². The zero-order valence-electron chi connectivity index (χ0n) is 11.1. The van der Waals surface area contributed by atoms with Gasteiger partial charge in [0.05, 0.1) is 26.2 Å². The molecule has 102 valence electrons. The summed E-state index contributed by atoms with van der Waals surface area (Å²) in [5, 5.41) is 3.22. The maximum Gasteiger partial charge on any atom is 0.0619 e. The number of nitrogens with zero attached hydrogens (tertiary/aromatic N) is 1. The molecule has 0 aliphatic heterocycles. The Morgan fingerprint density at radius 1 is 0.714 bits per heavy atom. The summed E-state index contributed by atoms with van der Waals surface area (Å²) >= 11 is 9.89. The van der Waals surface area contributed by atoms with Crippen LogP contribution in [0.4, 0.5) is 0 Å². The molecule has 0 fully saturated rings. The first-order valence-corrected chi connectivity index (χ1v) is 7.87. The lowest BCUT2D eigenvalue weighted by Gasteiger charge is -2.10. The van der Waals surface area contributed by atoms with Crippen molar-refractivity contribution in [2.24, 2.45) is 0 Å². The van der Waals surface area contributed by atoms with Crippen LogP contribution in [0, 0.1) is 0 Å². The van der Waals surface area contributed by atoms with Crippen molar-refractivity contribution >= 4 is 49.3 Å². The fourth-order valence-corrected chi connectivity index (χ4v) is 3.46. The van der Waals surface area contributed by atoms with Crippen LogP contribution in [-0.4, -0.2) is 4.57 Å². The van der Waals surface area contributed by atoms with Crippen LogP contribution in [0.15, 0.2) is 71.2 Å². The average Bonchev–Trinajstić information content (AvgIpc) is 2.85. The second kappa shape index (κ2) is 4.90. The topological polar surface area (TPSA) is 4.93 Å². The normalized spacial score (nSPS) is 11.3. The van der Waals surface area contributed by atoms with Crippen LogP contribution in [-0.2, 0) is 0 Å². The maximum absolute atomic E-state index is 6.27.